The van der Waals surface area contributed by atoms with Gasteiger partial charge in [-0.2, -0.15) is 0 Å². The molecule has 0 saturated heterocycles. The monoisotopic (exact) mass is 341 g/mol. The molecule has 1 unspecified atom stereocenters. The molecule has 4 heteroatoms. The second-order valence-corrected chi connectivity index (χ2v) is 5.75. The largest absolute Gasteiger partial charge is 0.452 e. The van der Waals surface area contributed by atoms with Gasteiger partial charge in [0.2, 0.25) is 0 Å². The van der Waals surface area contributed by atoms with Crippen LogP contribution < -0.4 is 5.32 Å². The van der Waals surface area contributed by atoms with Crippen LogP contribution in [0.3, 0.4) is 0 Å². The molecule has 2 nitrogen and oxygen atoms in total. The van der Waals surface area contributed by atoms with E-state index in [0.29, 0.717) is 0 Å². The lowest BCUT2D eigenvalue weighted by molar-refractivity contribution is 0.432. The van der Waals surface area contributed by atoms with E-state index in [1.165, 1.54) is 5.56 Å². The van der Waals surface area contributed by atoms with Crippen molar-refractivity contribution in [1.29, 1.82) is 0 Å². The van der Waals surface area contributed by atoms with Gasteiger partial charge in [0.1, 0.15) is 5.76 Å². The van der Waals surface area contributed by atoms with Crippen molar-refractivity contribution < 1.29 is 4.42 Å². The number of halogens is 2. The molecule has 0 saturated carbocycles. The number of rotatable bonds is 5. The van der Waals surface area contributed by atoms with Gasteiger partial charge in [0.15, 0.2) is 4.67 Å². The Bertz CT molecular complexity index is 553. The molecule has 0 aliphatic heterocycles. The Morgan fingerprint density at radius 1 is 1.32 bits per heavy atom. The normalized spacial score (nSPS) is 12.6. The summed E-state index contributed by atoms with van der Waals surface area (Å²) in [6.45, 7) is 5.15. The fraction of sp³-hybridized carbons (Fsp3) is 0.333. The van der Waals surface area contributed by atoms with Crippen molar-refractivity contribution in [3.05, 3.63) is 56.9 Å². The van der Waals surface area contributed by atoms with E-state index in [1.54, 1.807) is 0 Å². The van der Waals surface area contributed by atoms with Crippen LogP contribution in [0.15, 0.2) is 39.4 Å². The van der Waals surface area contributed by atoms with Crippen molar-refractivity contribution in [3.8, 4) is 0 Å². The first-order chi connectivity index (χ1) is 9.11. The molecule has 1 aromatic heterocycles. The van der Waals surface area contributed by atoms with Crippen LogP contribution in [0.4, 0.5) is 0 Å². The van der Waals surface area contributed by atoms with Gasteiger partial charge in [-0.3, -0.25) is 0 Å². The first-order valence-corrected chi connectivity index (χ1v) is 7.53. The highest BCUT2D eigenvalue weighted by Gasteiger charge is 2.18. The average molecular weight is 343 g/mol. The third kappa shape index (κ3) is 3.62. The van der Waals surface area contributed by atoms with Gasteiger partial charge in [-0.05, 0) is 71.2 Å². The molecule has 0 radical (unpaired) electrons. The van der Waals surface area contributed by atoms with E-state index in [4.69, 9.17) is 16.0 Å². The van der Waals surface area contributed by atoms with Crippen LogP contribution >= 0.6 is 27.5 Å². The van der Waals surface area contributed by atoms with Crippen molar-refractivity contribution in [3.63, 3.8) is 0 Å². The minimum atomic E-state index is 0.0588. The quantitative estimate of drug-likeness (QED) is 0.818. The molecular weight excluding hydrogens is 326 g/mol. The van der Waals surface area contributed by atoms with Crippen LogP contribution in [0.2, 0.25) is 5.02 Å². The summed E-state index contributed by atoms with van der Waals surface area (Å²) in [5, 5.41) is 4.28. The molecule has 1 aromatic carbocycles. The molecule has 0 bridgehead atoms. The van der Waals surface area contributed by atoms with E-state index in [2.05, 4.69) is 41.2 Å². The summed E-state index contributed by atoms with van der Waals surface area (Å²) in [6.07, 6.45) is 1.07. The van der Waals surface area contributed by atoms with Gasteiger partial charge < -0.3 is 9.73 Å². The van der Waals surface area contributed by atoms with Gasteiger partial charge in [0.05, 0.1) is 6.04 Å². The highest BCUT2D eigenvalue weighted by atomic mass is 79.9. The summed E-state index contributed by atoms with van der Waals surface area (Å²) in [5.74, 6) is 0.908. The summed E-state index contributed by atoms with van der Waals surface area (Å²) in [7, 11) is 0. The zero-order valence-corrected chi connectivity index (χ0v) is 13.4. The third-order valence-electron chi connectivity index (χ3n) is 3.02. The molecular formula is C15H17BrClNO. The Hall–Kier alpha value is -0.770. The Labute approximate surface area is 127 Å². The number of benzene rings is 1. The van der Waals surface area contributed by atoms with Crippen LogP contribution in [0.25, 0.3) is 0 Å². The number of hydrogen-bond acceptors (Lipinski definition) is 2. The lowest BCUT2D eigenvalue weighted by atomic mass is 9.99. The summed E-state index contributed by atoms with van der Waals surface area (Å²) in [6, 6.07) is 9.93. The lowest BCUT2D eigenvalue weighted by Crippen LogP contribution is -2.23. The molecule has 1 atom stereocenters. The van der Waals surface area contributed by atoms with Crippen LogP contribution in [0, 0.1) is 6.92 Å². The minimum absolute atomic E-state index is 0.0588. The van der Waals surface area contributed by atoms with Crippen molar-refractivity contribution in [2.45, 2.75) is 26.3 Å². The SMILES string of the molecule is CCCNC(c1ccc(Br)o1)c1ccc(Cl)cc1C. The van der Waals surface area contributed by atoms with Crippen molar-refractivity contribution in [2.24, 2.45) is 0 Å². The van der Waals surface area contributed by atoms with Crippen LogP contribution in [0.1, 0.15) is 36.3 Å². The molecule has 2 rings (SSSR count). The van der Waals surface area contributed by atoms with E-state index in [9.17, 15) is 0 Å². The van der Waals surface area contributed by atoms with Crippen LogP contribution in [-0.2, 0) is 0 Å². The fourth-order valence-electron chi connectivity index (χ4n) is 2.10. The van der Waals surface area contributed by atoms with Crippen molar-refractivity contribution >= 4 is 27.5 Å². The number of aryl methyl sites for hydroxylation is 1. The summed E-state index contributed by atoms with van der Waals surface area (Å²) < 4.78 is 6.45. The van der Waals surface area contributed by atoms with Gasteiger partial charge in [-0.1, -0.05) is 24.6 Å². The maximum atomic E-state index is 6.02. The Morgan fingerprint density at radius 3 is 2.68 bits per heavy atom. The van der Waals surface area contributed by atoms with E-state index < -0.39 is 0 Å². The first kappa shape index (κ1) is 14.6. The third-order valence-corrected chi connectivity index (χ3v) is 3.68. The highest BCUT2D eigenvalue weighted by molar-refractivity contribution is 9.10. The zero-order valence-electron chi connectivity index (χ0n) is 11.0. The summed E-state index contributed by atoms with van der Waals surface area (Å²) in [5.41, 5.74) is 2.35. The maximum absolute atomic E-state index is 6.02. The van der Waals surface area contributed by atoms with Gasteiger partial charge in [0, 0.05) is 5.02 Å². The van der Waals surface area contributed by atoms with Crippen molar-refractivity contribution in [1.82, 2.24) is 5.32 Å². The van der Waals surface area contributed by atoms with E-state index >= 15 is 0 Å². The molecule has 102 valence electrons. The topological polar surface area (TPSA) is 25.2 Å². The van der Waals surface area contributed by atoms with Crippen LogP contribution in [-0.4, -0.2) is 6.54 Å². The molecule has 0 spiro atoms. The van der Waals surface area contributed by atoms with E-state index in [1.807, 2.05) is 24.3 Å². The molecule has 2 aromatic rings. The molecule has 1 N–H and O–H groups in total. The minimum Gasteiger partial charge on any atom is -0.452 e. The van der Waals surface area contributed by atoms with Gasteiger partial charge >= 0.3 is 0 Å². The molecule has 0 aliphatic carbocycles. The molecule has 0 amide bonds. The van der Waals surface area contributed by atoms with E-state index in [-0.39, 0.29) is 6.04 Å². The average Bonchev–Trinajstić information content (AvgIpc) is 2.78. The molecule has 0 fully saturated rings. The van der Waals surface area contributed by atoms with E-state index in [0.717, 1.165) is 34.0 Å². The first-order valence-electron chi connectivity index (χ1n) is 6.36. The van der Waals surface area contributed by atoms with Gasteiger partial charge in [-0.15, -0.1) is 0 Å². The second kappa shape index (κ2) is 6.60. The summed E-state index contributed by atoms with van der Waals surface area (Å²) >= 11 is 9.38. The van der Waals surface area contributed by atoms with Gasteiger partial charge in [0.25, 0.3) is 0 Å². The Morgan fingerprint density at radius 2 is 2.11 bits per heavy atom. The fourth-order valence-corrected chi connectivity index (χ4v) is 2.64. The number of nitrogens with one attached hydrogen (secondary N) is 1. The molecule has 19 heavy (non-hydrogen) atoms. The highest BCUT2D eigenvalue weighted by Crippen LogP contribution is 2.29. The Kier molecular flexibility index (Phi) is 5.08. The number of hydrogen-bond donors (Lipinski definition) is 1. The molecule has 1 heterocycles. The smallest absolute Gasteiger partial charge is 0.169 e. The predicted octanol–water partition coefficient (Wildman–Crippen LogP) is 5.09. The maximum Gasteiger partial charge on any atom is 0.169 e. The second-order valence-electron chi connectivity index (χ2n) is 4.53. The van der Waals surface area contributed by atoms with Crippen LogP contribution in [0.5, 0.6) is 0 Å². The summed E-state index contributed by atoms with van der Waals surface area (Å²) in [4.78, 5) is 0. The van der Waals surface area contributed by atoms with Gasteiger partial charge in [-0.25, -0.2) is 0 Å². The number of furan rings is 1. The Balaban J connectivity index is 2.36. The standard InChI is InChI=1S/C15H17BrClNO/c1-3-8-18-15(13-6-7-14(16)19-13)12-5-4-11(17)9-10(12)2/h4-7,9,15,18H,3,8H2,1-2H3. The predicted molar refractivity (Wildman–Crippen MR) is 82.7 cm³/mol. The van der Waals surface area contributed by atoms with Crippen molar-refractivity contribution in [2.75, 3.05) is 6.54 Å². The molecule has 0 aliphatic rings. The zero-order chi connectivity index (χ0) is 13.8. The lowest BCUT2D eigenvalue weighted by Gasteiger charge is -2.19.